The number of phosphoric acid groups is 1. The maximum absolute atomic E-state index is 12.4. The van der Waals surface area contributed by atoms with Crippen molar-refractivity contribution in [1.29, 1.82) is 0 Å². The van der Waals surface area contributed by atoms with E-state index in [0.29, 0.717) is 11.5 Å². The van der Waals surface area contributed by atoms with Gasteiger partial charge in [0.2, 0.25) is 0 Å². The van der Waals surface area contributed by atoms with Gasteiger partial charge in [-0.3, -0.25) is 4.89 Å². The molecule has 0 aliphatic heterocycles. The van der Waals surface area contributed by atoms with Crippen molar-refractivity contribution in [1.82, 2.24) is 0 Å². The van der Waals surface area contributed by atoms with Crippen LogP contribution in [0.2, 0.25) is 0 Å². The van der Waals surface area contributed by atoms with Gasteiger partial charge in [0.15, 0.2) is 0 Å². The first kappa shape index (κ1) is 31.0. The van der Waals surface area contributed by atoms with E-state index < -0.39 is 7.82 Å². The van der Waals surface area contributed by atoms with Gasteiger partial charge in [-0.05, 0) is 61.1 Å². The number of unbranched alkanes of at least 4 members (excludes halogenated alkanes) is 10. The van der Waals surface area contributed by atoms with E-state index in [-0.39, 0.29) is 23.1 Å². The summed E-state index contributed by atoms with van der Waals surface area (Å²) in [7, 11) is -4.24. The minimum absolute atomic E-state index is 0. The minimum atomic E-state index is -4.24. The third-order valence-electron chi connectivity index (χ3n) is 5.93. The van der Waals surface area contributed by atoms with E-state index in [0.717, 1.165) is 12.8 Å². The monoisotopic (exact) mass is 500 g/mol. The fraction of sp³-hybridized carbons (Fsp3) is 0.571. The first-order chi connectivity index (χ1) is 16.0. The van der Waals surface area contributed by atoms with Crippen LogP contribution < -0.4 is 9.05 Å². The van der Waals surface area contributed by atoms with Crippen LogP contribution in [0, 0.1) is 0 Å². The summed E-state index contributed by atoms with van der Waals surface area (Å²) >= 11 is 0. The van der Waals surface area contributed by atoms with Crippen LogP contribution in [-0.2, 0) is 17.4 Å². The second-order valence-corrected chi connectivity index (χ2v) is 10.3. The molecule has 0 fully saturated rings. The lowest BCUT2D eigenvalue weighted by Crippen LogP contribution is -2.00. The predicted molar refractivity (Wildman–Crippen MR) is 147 cm³/mol. The average molecular weight is 501 g/mol. The molecule has 1 N–H and O–H groups in total. The number of phosphoric ester groups is 1. The Bertz CT molecular complexity index is 743. The van der Waals surface area contributed by atoms with E-state index in [9.17, 15) is 9.46 Å². The molecular formula is C28H45MgO4P. The maximum Gasteiger partial charge on any atom is 0.584 e. The minimum Gasteiger partial charge on any atom is -0.395 e. The molecule has 0 aromatic heterocycles. The van der Waals surface area contributed by atoms with E-state index in [2.05, 4.69) is 13.8 Å². The highest BCUT2D eigenvalue weighted by Crippen LogP contribution is 2.44. The number of rotatable bonds is 18. The van der Waals surface area contributed by atoms with E-state index in [4.69, 9.17) is 9.05 Å². The predicted octanol–water partition coefficient (Wildman–Crippen LogP) is 8.13. The molecule has 0 bridgehead atoms. The topological polar surface area (TPSA) is 55.8 Å². The summed E-state index contributed by atoms with van der Waals surface area (Å²) in [4.78, 5) is 10.2. The van der Waals surface area contributed by atoms with E-state index in [1.54, 1.807) is 24.3 Å². The Labute approximate surface area is 223 Å². The fourth-order valence-corrected chi connectivity index (χ4v) is 4.75. The zero-order valence-corrected chi connectivity index (χ0v) is 21.5. The lowest BCUT2D eigenvalue weighted by Gasteiger charge is -2.14. The van der Waals surface area contributed by atoms with Gasteiger partial charge in [-0.25, -0.2) is 4.57 Å². The average Bonchev–Trinajstić information content (AvgIpc) is 2.80. The summed E-state index contributed by atoms with van der Waals surface area (Å²) in [6.07, 6.45) is 17.3. The van der Waals surface area contributed by atoms with Gasteiger partial charge in [-0.1, -0.05) is 102 Å². The molecule has 4 nitrogen and oxygen atoms in total. The molecule has 6 heteroatoms. The van der Waals surface area contributed by atoms with Crippen LogP contribution in [0.4, 0.5) is 0 Å². The van der Waals surface area contributed by atoms with Crippen molar-refractivity contribution in [2.75, 3.05) is 0 Å². The van der Waals surface area contributed by atoms with Crippen LogP contribution in [0.15, 0.2) is 48.5 Å². The molecule has 0 aliphatic carbocycles. The summed E-state index contributed by atoms with van der Waals surface area (Å²) in [6.45, 7) is 4.46. The van der Waals surface area contributed by atoms with Crippen LogP contribution >= 0.6 is 7.82 Å². The summed E-state index contributed by atoms with van der Waals surface area (Å²) in [5.74, 6) is 0.680. The first-order valence-electron chi connectivity index (χ1n) is 12.9. The number of benzene rings is 2. The number of hydrogen-bond acceptors (Lipinski definition) is 3. The van der Waals surface area contributed by atoms with Crippen LogP contribution in [0.5, 0.6) is 11.5 Å². The Hall–Kier alpha value is -1.00. The molecule has 0 amide bonds. The summed E-state index contributed by atoms with van der Waals surface area (Å²) < 4.78 is 23.0. The SMILES string of the molecule is CCCCCCCCc1ccc(OP(=O)(O)Oc2ccc(CCCCCCCC)cc2)cc1.[MgH2]. The van der Waals surface area contributed by atoms with Crippen molar-refractivity contribution in [2.24, 2.45) is 0 Å². The largest absolute Gasteiger partial charge is 0.584 e. The van der Waals surface area contributed by atoms with Crippen molar-refractivity contribution in [3.63, 3.8) is 0 Å². The highest BCUT2D eigenvalue weighted by Gasteiger charge is 2.25. The Kier molecular flexibility index (Phi) is 16.7. The van der Waals surface area contributed by atoms with Crippen molar-refractivity contribution >= 4 is 30.9 Å². The van der Waals surface area contributed by atoms with Crippen LogP contribution in [0.1, 0.15) is 102 Å². The molecule has 0 saturated heterocycles. The summed E-state index contributed by atoms with van der Waals surface area (Å²) in [5, 5.41) is 0. The van der Waals surface area contributed by atoms with Crippen molar-refractivity contribution in [2.45, 2.75) is 104 Å². The van der Waals surface area contributed by atoms with Crippen molar-refractivity contribution < 1.29 is 18.5 Å². The first-order valence-corrected chi connectivity index (χ1v) is 14.4. The molecule has 188 valence electrons. The zero-order chi connectivity index (χ0) is 23.8. The van der Waals surface area contributed by atoms with Gasteiger partial charge < -0.3 is 9.05 Å². The van der Waals surface area contributed by atoms with Crippen molar-refractivity contribution in [3.8, 4) is 11.5 Å². The summed E-state index contributed by atoms with van der Waals surface area (Å²) in [5.41, 5.74) is 2.43. The van der Waals surface area contributed by atoms with Crippen LogP contribution in [0.25, 0.3) is 0 Å². The molecule has 2 aromatic rings. The van der Waals surface area contributed by atoms with Crippen LogP contribution in [0.3, 0.4) is 0 Å². The quantitative estimate of drug-likeness (QED) is 0.127. The Balaban J connectivity index is 0.00000578. The fourth-order valence-electron chi connectivity index (χ4n) is 3.94. The number of aryl methyl sites for hydroxylation is 2. The summed E-state index contributed by atoms with van der Waals surface area (Å²) in [6, 6.07) is 14.8. The highest BCUT2D eigenvalue weighted by molar-refractivity contribution is 7.48. The maximum atomic E-state index is 12.4. The van der Waals surface area contributed by atoms with E-state index in [1.807, 2.05) is 24.3 Å². The van der Waals surface area contributed by atoms with Crippen molar-refractivity contribution in [3.05, 3.63) is 59.7 Å². The zero-order valence-electron chi connectivity index (χ0n) is 20.6. The molecule has 2 rings (SSSR count). The van der Waals surface area contributed by atoms with E-state index in [1.165, 1.54) is 88.2 Å². The van der Waals surface area contributed by atoms with E-state index >= 15 is 0 Å². The standard InChI is InChI=1S/C28H43O4P.Mg.2H/c1-3-5-7-9-11-13-15-25-17-21-27(22-18-25)31-33(29,30)32-28-23-19-26(20-24-28)16-14-12-10-8-6-4-2;;;/h17-24H,3-16H2,1-2H3,(H,29,30);;;. The molecule has 0 saturated carbocycles. The molecule has 34 heavy (non-hydrogen) atoms. The van der Waals surface area contributed by atoms with Crippen LogP contribution in [-0.4, -0.2) is 27.9 Å². The molecular weight excluding hydrogens is 456 g/mol. The molecule has 2 aromatic carbocycles. The lowest BCUT2D eigenvalue weighted by atomic mass is 10.1. The Morgan fingerprint density at radius 2 is 0.912 bits per heavy atom. The molecule has 0 unspecified atom stereocenters. The third-order valence-corrected chi connectivity index (χ3v) is 6.81. The molecule has 0 radical (unpaired) electrons. The van der Waals surface area contributed by atoms with Gasteiger partial charge in [0.25, 0.3) is 0 Å². The third kappa shape index (κ3) is 13.8. The normalized spacial score (nSPS) is 11.1. The number of hydrogen-bond donors (Lipinski definition) is 1. The molecule has 0 aliphatic rings. The lowest BCUT2D eigenvalue weighted by molar-refractivity contribution is 0.291. The van der Waals surface area contributed by atoms with Gasteiger partial charge >= 0.3 is 30.9 Å². The van der Waals surface area contributed by atoms with Gasteiger partial charge in [-0.2, -0.15) is 0 Å². The van der Waals surface area contributed by atoms with Gasteiger partial charge in [0.05, 0.1) is 0 Å². The molecule has 0 atom stereocenters. The van der Waals surface area contributed by atoms with Gasteiger partial charge in [-0.15, -0.1) is 0 Å². The Morgan fingerprint density at radius 3 is 1.26 bits per heavy atom. The second kappa shape index (κ2) is 18.3. The second-order valence-electron chi connectivity index (χ2n) is 8.97. The Morgan fingerprint density at radius 1 is 0.588 bits per heavy atom. The highest BCUT2D eigenvalue weighted by atomic mass is 31.2. The smallest absolute Gasteiger partial charge is 0.395 e. The van der Waals surface area contributed by atoms with Gasteiger partial charge in [0.1, 0.15) is 11.5 Å². The molecule has 0 heterocycles. The van der Waals surface area contributed by atoms with Gasteiger partial charge in [0, 0.05) is 0 Å². The molecule has 0 spiro atoms.